The largest absolute Gasteiger partial charge is 0.464 e. The van der Waals surface area contributed by atoms with Gasteiger partial charge in [-0.25, -0.2) is 4.79 Å². The number of nitrogens with one attached hydrogen (secondary N) is 2. The first-order valence-electron chi connectivity index (χ1n) is 8.29. The summed E-state index contributed by atoms with van der Waals surface area (Å²) in [5, 5.41) is 10.5. The van der Waals surface area contributed by atoms with E-state index in [4.69, 9.17) is 20.8 Å². The number of amides is 1. The Balaban J connectivity index is 1.59. The molecular formula is C20H14ClN3O4. The van der Waals surface area contributed by atoms with Crippen molar-refractivity contribution in [3.63, 3.8) is 0 Å². The fourth-order valence-electron chi connectivity index (χ4n) is 2.80. The van der Waals surface area contributed by atoms with Gasteiger partial charge in [-0.1, -0.05) is 23.7 Å². The molecule has 0 aliphatic heterocycles. The van der Waals surface area contributed by atoms with Gasteiger partial charge in [0.2, 0.25) is 0 Å². The van der Waals surface area contributed by atoms with Crippen LogP contribution in [0.4, 0.5) is 5.69 Å². The number of benzene rings is 2. The van der Waals surface area contributed by atoms with E-state index in [-0.39, 0.29) is 11.5 Å². The molecule has 7 nitrogen and oxygen atoms in total. The molecule has 4 aromatic rings. The summed E-state index contributed by atoms with van der Waals surface area (Å²) in [6.45, 7) is 0. The van der Waals surface area contributed by atoms with E-state index in [1.807, 2.05) is 18.2 Å². The molecule has 28 heavy (non-hydrogen) atoms. The average Bonchev–Trinajstić information content (AvgIpc) is 3.35. The summed E-state index contributed by atoms with van der Waals surface area (Å²) in [5.74, 6) is -0.365. The monoisotopic (exact) mass is 395 g/mol. The van der Waals surface area contributed by atoms with Crippen molar-refractivity contribution in [2.75, 3.05) is 12.4 Å². The molecule has 140 valence electrons. The van der Waals surface area contributed by atoms with Gasteiger partial charge in [-0.05, 0) is 42.5 Å². The van der Waals surface area contributed by atoms with E-state index in [9.17, 15) is 9.59 Å². The molecule has 0 bridgehead atoms. The first-order valence-corrected chi connectivity index (χ1v) is 8.67. The highest BCUT2D eigenvalue weighted by molar-refractivity contribution is 6.33. The number of furan rings is 1. The van der Waals surface area contributed by atoms with Gasteiger partial charge in [0.1, 0.15) is 5.76 Å². The van der Waals surface area contributed by atoms with E-state index in [0.29, 0.717) is 32.9 Å². The van der Waals surface area contributed by atoms with Crippen LogP contribution in [0.3, 0.4) is 0 Å². The number of aromatic nitrogens is 2. The molecule has 0 unspecified atom stereocenters. The third-order valence-corrected chi connectivity index (χ3v) is 4.50. The minimum atomic E-state index is -0.565. The number of aromatic amines is 1. The van der Waals surface area contributed by atoms with Crippen LogP contribution in [-0.2, 0) is 4.74 Å². The topological polar surface area (TPSA) is 97.2 Å². The third kappa shape index (κ3) is 3.23. The van der Waals surface area contributed by atoms with E-state index in [2.05, 4.69) is 15.5 Å². The maximum absolute atomic E-state index is 12.5. The number of hydrogen-bond donors (Lipinski definition) is 2. The lowest BCUT2D eigenvalue weighted by atomic mass is 10.2. The molecule has 4 rings (SSSR count). The maximum Gasteiger partial charge on any atom is 0.359 e. The Morgan fingerprint density at radius 2 is 1.96 bits per heavy atom. The van der Waals surface area contributed by atoms with Crippen LogP contribution in [-0.4, -0.2) is 29.2 Å². The summed E-state index contributed by atoms with van der Waals surface area (Å²) in [4.78, 5) is 24.3. The number of H-pyrrole nitrogens is 1. The van der Waals surface area contributed by atoms with E-state index in [1.54, 1.807) is 36.4 Å². The van der Waals surface area contributed by atoms with Crippen molar-refractivity contribution in [2.45, 2.75) is 0 Å². The van der Waals surface area contributed by atoms with Crippen LogP contribution in [0.15, 0.2) is 59.0 Å². The number of halogens is 1. The van der Waals surface area contributed by atoms with Gasteiger partial charge in [-0.3, -0.25) is 9.89 Å². The van der Waals surface area contributed by atoms with E-state index >= 15 is 0 Å². The first kappa shape index (κ1) is 17.8. The second-order valence-electron chi connectivity index (χ2n) is 5.92. The molecule has 0 spiro atoms. The minimum absolute atomic E-state index is 0.135. The van der Waals surface area contributed by atoms with Gasteiger partial charge in [-0.2, -0.15) is 5.10 Å². The fraction of sp³-hybridized carbons (Fsp3) is 0.0500. The molecule has 0 aliphatic rings. The summed E-state index contributed by atoms with van der Waals surface area (Å²) < 4.78 is 10.4. The number of hydrogen-bond acceptors (Lipinski definition) is 5. The molecule has 0 radical (unpaired) electrons. The van der Waals surface area contributed by atoms with Gasteiger partial charge in [0.25, 0.3) is 5.91 Å². The average molecular weight is 396 g/mol. The predicted molar refractivity (Wildman–Crippen MR) is 105 cm³/mol. The number of carbonyl (C=O) groups is 2. The molecule has 2 N–H and O–H groups in total. The molecule has 1 amide bonds. The number of methoxy groups -OCH3 is 1. The molecule has 2 aromatic carbocycles. The standard InChI is InChI=1S/C20H14ClN3O4/c1-27-20(26)18-13-10-11(6-7-15(13)23-24-18)22-19(25)17-9-8-16(28-17)12-4-2-3-5-14(12)21/h2-10H,1H3,(H,22,25)(H,23,24). The Morgan fingerprint density at radius 1 is 1.14 bits per heavy atom. The van der Waals surface area contributed by atoms with Crippen LogP contribution >= 0.6 is 11.6 Å². The van der Waals surface area contributed by atoms with Gasteiger partial charge < -0.3 is 14.5 Å². The predicted octanol–water partition coefficient (Wildman–Crippen LogP) is 4.52. The number of rotatable bonds is 4. The van der Waals surface area contributed by atoms with Crippen molar-refractivity contribution in [2.24, 2.45) is 0 Å². The molecule has 2 heterocycles. The van der Waals surface area contributed by atoms with Gasteiger partial charge in [-0.15, -0.1) is 0 Å². The number of anilines is 1. The second-order valence-corrected chi connectivity index (χ2v) is 6.33. The highest BCUT2D eigenvalue weighted by atomic mass is 35.5. The van der Waals surface area contributed by atoms with Crippen molar-refractivity contribution in [3.8, 4) is 11.3 Å². The van der Waals surface area contributed by atoms with Crippen molar-refractivity contribution in [1.82, 2.24) is 10.2 Å². The molecule has 0 atom stereocenters. The Bertz CT molecular complexity index is 1200. The Morgan fingerprint density at radius 3 is 2.75 bits per heavy atom. The van der Waals surface area contributed by atoms with Crippen LogP contribution in [0.2, 0.25) is 5.02 Å². The number of nitrogens with zero attached hydrogens (tertiary/aromatic N) is 1. The molecule has 8 heteroatoms. The van der Waals surface area contributed by atoms with Gasteiger partial charge >= 0.3 is 5.97 Å². The van der Waals surface area contributed by atoms with Crippen LogP contribution < -0.4 is 5.32 Å². The lowest BCUT2D eigenvalue weighted by molar-refractivity contribution is 0.0596. The number of esters is 1. The highest BCUT2D eigenvalue weighted by Crippen LogP contribution is 2.29. The van der Waals surface area contributed by atoms with Crippen LogP contribution in [0.25, 0.3) is 22.2 Å². The van der Waals surface area contributed by atoms with E-state index in [0.717, 1.165) is 0 Å². The zero-order valence-electron chi connectivity index (χ0n) is 14.7. The van der Waals surface area contributed by atoms with Gasteiger partial charge in [0.15, 0.2) is 11.5 Å². The van der Waals surface area contributed by atoms with Crippen LogP contribution in [0.1, 0.15) is 21.0 Å². The summed E-state index contributed by atoms with van der Waals surface area (Å²) in [6.07, 6.45) is 0. The third-order valence-electron chi connectivity index (χ3n) is 4.17. The lowest BCUT2D eigenvalue weighted by Crippen LogP contribution is -2.10. The molecule has 0 fully saturated rings. The molecule has 0 aliphatic carbocycles. The van der Waals surface area contributed by atoms with E-state index in [1.165, 1.54) is 7.11 Å². The summed E-state index contributed by atoms with van der Waals surface area (Å²) in [6, 6.07) is 15.5. The van der Waals surface area contributed by atoms with E-state index < -0.39 is 11.9 Å². The lowest BCUT2D eigenvalue weighted by Gasteiger charge is -2.04. The first-order chi connectivity index (χ1) is 13.6. The molecular weight excluding hydrogens is 382 g/mol. The molecule has 0 saturated heterocycles. The SMILES string of the molecule is COC(=O)c1n[nH]c2ccc(NC(=O)c3ccc(-c4ccccc4Cl)o3)cc12. The number of ether oxygens (including phenoxy) is 1. The zero-order chi connectivity index (χ0) is 19.7. The molecule has 0 saturated carbocycles. The quantitative estimate of drug-likeness (QED) is 0.495. The fourth-order valence-corrected chi connectivity index (χ4v) is 3.03. The normalized spacial score (nSPS) is 10.8. The molecule has 2 aromatic heterocycles. The second kappa shape index (κ2) is 7.21. The van der Waals surface area contributed by atoms with Crippen molar-refractivity contribution in [1.29, 1.82) is 0 Å². The minimum Gasteiger partial charge on any atom is -0.464 e. The Labute approximate surface area is 164 Å². The van der Waals surface area contributed by atoms with Gasteiger partial charge in [0, 0.05) is 16.6 Å². The summed E-state index contributed by atoms with van der Waals surface area (Å²) in [5.41, 5.74) is 1.98. The Kier molecular flexibility index (Phi) is 4.58. The Hall–Kier alpha value is -3.58. The van der Waals surface area contributed by atoms with Crippen LogP contribution in [0, 0.1) is 0 Å². The van der Waals surface area contributed by atoms with Crippen LogP contribution in [0.5, 0.6) is 0 Å². The smallest absolute Gasteiger partial charge is 0.359 e. The number of carbonyl (C=O) groups excluding carboxylic acids is 2. The zero-order valence-corrected chi connectivity index (χ0v) is 15.4. The van der Waals surface area contributed by atoms with Crippen molar-refractivity contribution in [3.05, 3.63) is 71.1 Å². The van der Waals surface area contributed by atoms with Gasteiger partial charge in [0.05, 0.1) is 17.6 Å². The number of fused-ring (bicyclic) bond motifs is 1. The summed E-state index contributed by atoms with van der Waals surface area (Å²) in [7, 11) is 1.28. The van der Waals surface area contributed by atoms with Crippen molar-refractivity contribution >= 4 is 40.1 Å². The van der Waals surface area contributed by atoms with Crippen molar-refractivity contribution < 1.29 is 18.7 Å². The highest BCUT2D eigenvalue weighted by Gasteiger charge is 2.17. The maximum atomic E-state index is 12.5. The summed E-state index contributed by atoms with van der Waals surface area (Å²) >= 11 is 6.17.